The Balaban J connectivity index is 2.16. The van der Waals surface area contributed by atoms with Gasteiger partial charge in [0.15, 0.2) is 17.3 Å². The van der Waals surface area contributed by atoms with Gasteiger partial charge in [-0.25, -0.2) is 9.78 Å². The lowest BCUT2D eigenvalue weighted by Gasteiger charge is -2.15. The summed E-state index contributed by atoms with van der Waals surface area (Å²) in [6.07, 6.45) is -0.298. The first kappa shape index (κ1) is 18.2. The predicted molar refractivity (Wildman–Crippen MR) is 88.8 cm³/mol. The van der Waals surface area contributed by atoms with Crippen LogP contribution in [0.1, 0.15) is 40.4 Å². The van der Waals surface area contributed by atoms with E-state index in [1.54, 1.807) is 14.1 Å². The molecule has 1 fully saturated rings. The van der Waals surface area contributed by atoms with E-state index in [-0.39, 0.29) is 23.3 Å². The van der Waals surface area contributed by atoms with E-state index in [0.717, 1.165) is 0 Å². The minimum Gasteiger partial charge on any atom is -0.349 e. The van der Waals surface area contributed by atoms with Crippen LogP contribution in [0.3, 0.4) is 0 Å². The van der Waals surface area contributed by atoms with Crippen molar-refractivity contribution in [3.8, 4) is 0 Å². The minimum absolute atomic E-state index is 0.218. The molecule has 1 unspecified atom stereocenters. The zero-order valence-corrected chi connectivity index (χ0v) is 15.7. The van der Waals surface area contributed by atoms with Crippen molar-refractivity contribution in [1.29, 1.82) is 0 Å². The molecule has 0 radical (unpaired) electrons. The van der Waals surface area contributed by atoms with Crippen LogP contribution in [-0.4, -0.2) is 64.0 Å². The number of carbonyl (C=O) groups excluding carboxylic acids is 1. The fourth-order valence-electron chi connectivity index (χ4n) is 1.97. The Morgan fingerprint density at radius 1 is 1.43 bits per heavy atom. The molecule has 130 valence electrons. The van der Waals surface area contributed by atoms with Gasteiger partial charge in [0.25, 0.3) is 0 Å². The van der Waals surface area contributed by atoms with E-state index >= 15 is 0 Å². The quantitative estimate of drug-likeness (QED) is 0.786. The molecule has 0 aromatic carbocycles. The molecule has 0 saturated carbocycles. The van der Waals surface area contributed by atoms with Gasteiger partial charge in [-0.3, -0.25) is 0 Å². The third-order valence-electron chi connectivity index (χ3n) is 3.23. The smallest absolute Gasteiger partial charge is 0.346 e. The molecule has 1 atom stereocenters. The van der Waals surface area contributed by atoms with Gasteiger partial charge in [-0.15, -0.1) is 5.10 Å². The van der Waals surface area contributed by atoms with Gasteiger partial charge >= 0.3 is 6.03 Å². The fourth-order valence-corrected chi connectivity index (χ4v) is 2.81. The highest BCUT2D eigenvalue weighted by atomic mass is 32.2. The molecule has 1 aliphatic rings. The van der Waals surface area contributed by atoms with Crippen LogP contribution in [0.2, 0.25) is 0 Å². The lowest BCUT2D eigenvalue weighted by atomic mass is 9.96. The molecule has 0 N–H and O–H groups in total. The van der Waals surface area contributed by atoms with Crippen molar-refractivity contribution in [3.05, 3.63) is 5.82 Å². The van der Waals surface area contributed by atoms with Crippen LogP contribution in [0.4, 0.5) is 4.79 Å². The van der Waals surface area contributed by atoms with Crippen molar-refractivity contribution < 1.29 is 14.3 Å². The van der Waals surface area contributed by atoms with Crippen molar-refractivity contribution in [2.24, 2.45) is 0 Å². The van der Waals surface area contributed by atoms with Crippen LogP contribution in [-0.2, 0) is 14.9 Å². The van der Waals surface area contributed by atoms with Crippen molar-refractivity contribution in [3.63, 3.8) is 0 Å². The second-order valence-corrected chi connectivity index (χ2v) is 8.47. The number of hydrogen-bond donors (Lipinski definition) is 0. The summed E-state index contributed by atoms with van der Waals surface area (Å²) in [5.41, 5.74) is -0.496. The molecule has 8 heteroatoms. The van der Waals surface area contributed by atoms with E-state index in [4.69, 9.17) is 9.47 Å². The predicted octanol–water partition coefficient (Wildman–Crippen LogP) is 2.35. The zero-order valence-electron chi connectivity index (χ0n) is 14.9. The summed E-state index contributed by atoms with van der Waals surface area (Å²) in [5.74, 6) is 1.20. The normalized spacial score (nSPS) is 20.7. The van der Waals surface area contributed by atoms with Gasteiger partial charge in [0.2, 0.25) is 0 Å². The topological polar surface area (TPSA) is 69.5 Å². The Morgan fingerprint density at radius 2 is 2.09 bits per heavy atom. The first-order chi connectivity index (χ1) is 10.5. The van der Waals surface area contributed by atoms with Gasteiger partial charge in [0.1, 0.15) is 0 Å². The standard InChI is InChI=1S/C15H26N4O3S/c1-14(2,3)11-16-12(19(17-11)13(20)18(6)7)23-8-10-21-9-15(4,5)22-10/h10H,8-9H2,1-7H3. The molecule has 0 spiro atoms. The monoisotopic (exact) mass is 342 g/mol. The van der Waals surface area contributed by atoms with Gasteiger partial charge < -0.3 is 14.4 Å². The summed E-state index contributed by atoms with van der Waals surface area (Å²) in [6.45, 7) is 10.6. The number of ether oxygens (including phenoxy) is 2. The van der Waals surface area contributed by atoms with E-state index in [1.165, 1.54) is 21.3 Å². The van der Waals surface area contributed by atoms with Crippen LogP contribution in [0.5, 0.6) is 0 Å². The summed E-state index contributed by atoms with van der Waals surface area (Å²) >= 11 is 1.42. The Labute approximate surface area is 141 Å². The van der Waals surface area contributed by atoms with E-state index in [9.17, 15) is 4.79 Å². The lowest BCUT2D eigenvalue weighted by molar-refractivity contribution is -0.0611. The summed E-state index contributed by atoms with van der Waals surface area (Å²) in [6, 6.07) is -0.218. The average Bonchev–Trinajstić information content (AvgIpc) is 2.98. The van der Waals surface area contributed by atoms with Gasteiger partial charge in [0.05, 0.1) is 18.0 Å². The second-order valence-electron chi connectivity index (χ2n) is 7.49. The lowest BCUT2D eigenvalue weighted by Crippen LogP contribution is -2.29. The number of amides is 1. The molecule has 2 heterocycles. The molecule has 1 amide bonds. The van der Waals surface area contributed by atoms with Crippen LogP contribution in [0, 0.1) is 0 Å². The summed E-state index contributed by atoms with van der Waals surface area (Å²) < 4.78 is 12.8. The van der Waals surface area contributed by atoms with E-state index in [2.05, 4.69) is 10.1 Å². The SMILES string of the molecule is CN(C)C(=O)n1nc(C(C)(C)C)nc1SCC1OCC(C)(C)O1. The minimum atomic E-state index is -0.298. The van der Waals surface area contributed by atoms with Crippen LogP contribution in [0.25, 0.3) is 0 Å². The molecule has 7 nitrogen and oxygen atoms in total. The molecule has 23 heavy (non-hydrogen) atoms. The van der Waals surface area contributed by atoms with Crippen LogP contribution >= 0.6 is 11.8 Å². The number of rotatable bonds is 3. The molecule has 1 aromatic heterocycles. The molecule has 1 saturated heterocycles. The number of aromatic nitrogens is 3. The Hall–Kier alpha value is -1.12. The molecule has 0 bridgehead atoms. The Kier molecular flexibility index (Phi) is 5.08. The number of carbonyl (C=O) groups is 1. The zero-order chi connectivity index (χ0) is 17.4. The first-order valence-electron chi connectivity index (χ1n) is 7.61. The molecule has 0 aliphatic carbocycles. The summed E-state index contributed by atoms with van der Waals surface area (Å²) in [4.78, 5) is 18.3. The first-order valence-corrected chi connectivity index (χ1v) is 8.59. The van der Waals surface area contributed by atoms with Crippen LogP contribution < -0.4 is 0 Å². The van der Waals surface area contributed by atoms with E-state index < -0.39 is 0 Å². The number of thioether (sulfide) groups is 1. The highest BCUT2D eigenvalue weighted by molar-refractivity contribution is 7.99. The van der Waals surface area contributed by atoms with Crippen LogP contribution in [0.15, 0.2) is 5.16 Å². The van der Waals surface area contributed by atoms with Gasteiger partial charge in [-0.2, -0.15) is 4.68 Å². The van der Waals surface area contributed by atoms with Crippen molar-refractivity contribution in [2.75, 3.05) is 26.5 Å². The van der Waals surface area contributed by atoms with Gasteiger partial charge in [-0.1, -0.05) is 32.5 Å². The third-order valence-corrected chi connectivity index (χ3v) is 4.19. The maximum Gasteiger partial charge on any atom is 0.346 e. The van der Waals surface area contributed by atoms with E-state index in [1.807, 2.05) is 34.6 Å². The van der Waals surface area contributed by atoms with E-state index in [0.29, 0.717) is 23.3 Å². The maximum atomic E-state index is 12.3. The van der Waals surface area contributed by atoms with Gasteiger partial charge in [-0.05, 0) is 13.8 Å². The van der Waals surface area contributed by atoms with Crippen molar-refractivity contribution >= 4 is 17.8 Å². The molecule has 1 aliphatic heterocycles. The molecule has 2 rings (SSSR count). The molecule has 1 aromatic rings. The number of nitrogens with zero attached hydrogens (tertiary/aromatic N) is 4. The number of hydrogen-bond acceptors (Lipinski definition) is 6. The second kappa shape index (κ2) is 6.41. The summed E-state index contributed by atoms with van der Waals surface area (Å²) in [7, 11) is 3.39. The molecular weight excluding hydrogens is 316 g/mol. The Morgan fingerprint density at radius 3 is 2.57 bits per heavy atom. The Bertz CT molecular complexity index is 578. The van der Waals surface area contributed by atoms with Gasteiger partial charge in [0, 0.05) is 19.5 Å². The highest BCUT2D eigenvalue weighted by Crippen LogP contribution is 2.28. The third kappa shape index (κ3) is 4.45. The molecular formula is C15H26N4O3S. The largest absolute Gasteiger partial charge is 0.349 e. The van der Waals surface area contributed by atoms with Crippen molar-refractivity contribution in [2.45, 2.75) is 57.1 Å². The van der Waals surface area contributed by atoms with Crippen molar-refractivity contribution in [1.82, 2.24) is 19.7 Å². The highest BCUT2D eigenvalue weighted by Gasteiger charge is 2.33. The summed E-state index contributed by atoms with van der Waals surface area (Å²) in [5, 5.41) is 4.95. The maximum absolute atomic E-state index is 12.3. The average molecular weight is 342 g/mol. The fraction of sp³-hybridized carbons (Fsp3) is 0.800.